The molecule has 20 heavy (non-hydrogen) atoms. The molecular formula is C16H24N2O2. The highest BCUT2D eigenvalue weighted by atomic mass is 16.5. The Bertz CT molecular complexity index is 462. The molecule has 0 radical (unpaired) electrons. The highest BCUT2D eigenvalue weighted by Crippen LogP contribution is 2.20. The summed E-state index contributed by atoms with van der Waals surface area (Å²) in [5.41, 5.74) is 7.69. The van der Waals surface area contributed by atoms with Crippen molar-refractivity contribution in [2.75, 3.05) is 20.3 Å². The molecule has 0 saturated carbocycles. The zero-order chi connectivity index (χ0) is 14.8. The highest BCUT2D eigenvalue weighted by molar-refractivity contribution is 5.86. The second-order valence-corrected chi connectivity index (χ2v) is 6.02. The van der Waals surface area contributed by atoms with Gasteiger partial charge >= 0.3 is 0 Å². The molecule has 1 atom stereocenters. The van der Waals surface area contributed by atoms with E-state index in [9.17, 15) is 4.79 Å². The van der Waals surface area contributed by atoms with Crippen molar-refractivity contribution in [2.45, 2.75) is 38.3 Å². The summed E-state index contributed by atoms with van der Waals surface area (Å²) in [6.07, 6.45) is 0.600. The predicted octanol–water partition coefficient (Wildman–Crippen LogP) is 1.89. The molecule has 110 valence electrons. The maximum absolute atomic E-state index is 12.4. The van der Waals surface area contributed by atoms with E-state index in [-0.39, 0.29) is 5.91 Å². The highest BCUT2D eigenvalue weighted by Gasteiger charge is 2.40. The van der Waals surface area contributed by atoms with Gasteiger partial charge < -0.3 is 15.4 Å². The van der Waals surface area contributed by atoms with Crippen LogP contribution in [0.1, 0.15) is 37.3 Å². The first-order valence-electron chi connectivity index (χ1n) is 7.13. The van der Waals surface area contributed by atoms with Crippen LogP contribution in [0, 0.1) is 0 Å². The summed E-state index contributed by atoms with van der Waals surface area (Å²) in [4.78, 5) is 14.1. The Morgan fingerprint density at radius 3 is 2.55 bits per heavy atom. The van der Waals surface area contributed by atoms with Gasteiger partial charge in [0.05, 0.1) is 6.61 Å². The Balaban J connectivity index is 2.00. The summed E-state index contributed by atoms with van der Waals surface area (Å²) >= 11 is 0. The van der Waals surface area contributed by atoms with Gasteiger partial charge in [0.25, 0.3) is 0 Å². The number of hydrogen-bond acceptors (Lipinski definition) is 3. The van der Waals surface area contributed by atoms with Crippen molar-refractivity contribution < 1.29 is 9.53 Å². The monoisotopic (exact) mass is 276 g/mol. The van der Waals surface area contributed by atoms with Crippen LogP contribution in [0.4, 0.5) is 0 Å². The first kappa shape index (κ1) is 15.0. The average molecular weight is 276 g/mol. The molecule has 1 heterocycles. The summed E-state index contributed by atoms with van der Waals surface area (Å²) in [5.74, 6) is 0.481. The van der Waals surface area contributed by atoms with E-state index in [0.29, 0.717) is 32.1 Å². The van der Waals surface area contributed by atoms with E-state index in [2.05, 4.69) is 38.1 Å². The minimum absolute atomic E-state index is 0.0389. The van der Waals surface area contributed by atoms with Crippen LogP contribution in [-0.4, -0.2) is 36.6 Å². The lowest BCUT2D eigenvalue weighted by Gasteiger charge is -2.27. The van der Waals surface area contributed by atoms with Crippen LogP contribution in [0.15, 0.2) is 24.3 Å². The van der Waals surface area contributed by atoms with Gasteiger partial charge in [0.1, 0.15) is 5.54 Å². The normalized spacial score (nSPS) is 22.2. The fourth-order valence-corrected chi connectivity index (χ4v) is 2.48. The van der Waals surface area contributed by atoms with Gasteiger partial charge in [-0.15, -0.1) is 0 Å². The SMILES string of the molecule is CC(C)c1ccc(CN(C)C(=O)C2(N)CCOC2)cc1. The maximum Gasteiger partial charge on any atom is 0.245 e. The predicted molar refractivity (Wildman–Crippen MR) is 79.4 cm³/mol. The maximum atomic E-state index is 12.4. The lowest BCUT2D eigenvalue weighted by atomic mass is 9.98. The van der Waals surface area contributed by atoms with Crippen molar-refractivity contribution >= 4 is 5.91 Å². The third-order valence-corrected chi connectivity index (χ3v) is 3.89. The Labute approximate surface area is 120 Å². The van der Waals surface area contributed by atoms with Gasteiger partial charge in [-0.2, -0.15) is 0 Å². The molecule has 2 rings (SSSR count). The van der Waals surface area contributed by atoms with Crippen LogP contribution >= 0.6 is 0 Å². The number of ether oxygens (including phenoxy) is 1. The van der Waals surface area contributed by atoms with Gasteiger partial charge in [0, 0.05) is 20.2 Å². The van der Waals surface area contributed by atoms with Crippen LogP contribution in [0.25, 0.3) is 0 Å². The van der Waals surface area contributed by atoms with Crippen molar-refractivity contribution in [1.29, 1.82) is 0 Å². The number of carbonyl (C=O) groups is 1. The number of rotatable bonds is 4. The molecule has 1 fully saturated rings. The Morgan fingerprint density at radius 1 is 1.40 bits per heavy atom. The second kappa shape index (κ2) is 5.94. The topological polar surface area (TPSA) is 55.6 Å². The fraction of sp³-hybridized carbons (Fsp3) is 0.562. The molecule has 1 aromatic rings. The van der Waals surface area contributed by atoms with Crippen molar-refractivity contribution in [3.8, 4) is 0 Å². The van der Waals surface area contributed by atoms with Crippen LogP contribution in [0.5, 0.6) is 0 Å². The lowest BCUT2D eigenvalue weighted by molar-refractivity contribution is -0.136. The molecule has 1 amide bonds. The zero-order valence-corrected chi connectivity index (χ0v) is 12.6. The molecule has 1 unspecified atom stereocenters. The first-order chi connectivity index (χ1) is 9.42. The van der Waals surface area contributed by atoms with Crippen LogP contribution < -0.4 is 5.73 Å². The number of benzene rings is 1. The fourth-order valence-electron chi connectivity index (χ4n) is 2.48. The minimum Gasteiger partial charge on any atom is -0.379 e. The Morgan fingerprint density at radius 2 is 2.05 bits per heavy atom. The Kier molecular flexibility index (Phi) is 4.45. The van der Waals surface area contributed by atoms with E-state index < -0.39 is 5.54 Å². The van der Waals surface area contributed by atoms with Crippen molar-refractivity contribution in [2.24, 2.45) is 5.73 Å². The van der Waals surface area contributed by atoms with Gasteiger partial charge in [-0.1, -0.05) is 38.1 Å². The van der Waals surface area contributed by atoms with Crippen molar-refractivity contribution in [3.05, 3.63) is 35.4 Å². The third-order valence-electron chi connectivity index (χ3n) is 3.89. The molecular weight excluding hydrogens is 252 g/mol. The van der Waals surface area contributed by atoms with Crippen molar-refractivity contribution in [3.63, 3.8) is 0 Å². The van der Waals surface area contributed by atoms with Crippen LogP contribution in [0.2, 0.25) is 0 Å². The molecule has 4 nitrogen and oxygen atoms in total. The molecule has 0 aliphatic carbocycles. The summed E-state index contributed by atoms with van der Waals surface area (Å²) in [6, 6.07) is 8.39. The Hall–Kier alpha value is -1.39. The lowest BCUT2D eigenvalue weighted by Crippen LogP contribution is -2.54. The summed E-state index contributed by atoms with van der Waals surface area (Å²) in [5, 5.41) is 0. The molecule has 1 saturated heterocycles. The third kappa shape index (κ3) is 3.19. The second-order valence-electron chi connectivity index (χ2n) is 6.02. The number of amides is 1. The molecule has 1 aliphatic rings. The van der Waals surface area contributed by atoms with E-state index in [4.69, 9.17) is 10.5 Å². The largest absolute Gasteiger partial charge is 0.379 e. The molecule has 1 aliphatic heterocycles. The number of hydrogen-bond donors (Lipinski definition) is 1. The van der Waals surface area contributed by atoms with Gasteiger partial charge in [0.2, 0.25) is 5.91 Å². The molecule has 2 N–H and O–H groups in total. The number of nitrogens with zero attached hydrogens (tertiary/aromatic N) is 1. The van der Waals surface area contributed by atoms with Gasteiger partial charge in [-0.25, -0.2) is 0 Å². The summed E-state index contributed by atoms with van der Waals surface area (Å²) < 4.78 is 5.25. The van der Waals surface area contributed by atoms with E-state index in [1.807, 2.05) is 0 Å². The van der Waals surface area contributed by atoms with Gasteiger partial charge in [-0.05, 0) is 23.5 Å². The minimum atomic E-state index is -0.841. The van der Waals surface area contributed by atoms with Gasteiger partial charge in [0.15, 0.2) is 0 Å². The first-order valence-corrected chi connectivity index (χ1v) is 7.13. The summed E-state index contributed by atoms with van der Waals surface area (Å²) in [7, 11) is 1.80. The smallest absolute Gasteiger partial charge is 0.245 e. The number of carbonyl (C=O) groups excluding carboxylic acids is 1. The average Bonchev–Trinajstić information content (AvgIpc) is 2.86. The molecule has 0 aromatic heterocycles. The van der Waals surface area contributed by atoms with Crippen LogP contribution in [0.3, 0.4) is 0 Å². The number of likely N-dealkylation sites (N-methyl/N-ethyl adjacent to an activating group) is 1. The molecule has 0 bridgehead atoms. The van der Waals surface area contributed by atoms with Gasteiger partial charge in [-0.3, -0.25) is 4.79 Å². The van der Waals surface area contributed by atoms with E-state index in [1.165, 1.54) is 5.56 Å². The quantitative estimate of drug-likeness (QED) is 0.913. The molecule has 4 heteroatoms. The van der Waals surface area contributed by atoms with Crippen molar-refractivity contribution in [1.82, 2.24) is 4.90 Å². The standard InChI is InChI=1S/C16H24N2O2/c1-12(2)14-6-4-13(5-7-14)10-18(3)15(19)16(17)8-9-20-11-16/h4-7,12H,8-11,17H2,1-3H3. The van der Waals surface area contributed by atoms with E-state index in [0.717, 1.165) is 5.56 Å². The molecule has 1 aromatic carbocycles. The number of nitrogens with two attached hydrogens (primary N) is 1. The molecule has 0 spiro atoms. The van der Waals surface area contributed by atoms with Crippen LogP contribution in [-0.2, 0) is 16.1 Å². The zero-order valence-electron chi connectivity index (χ0n) is 12.6. The van der Waals surface area contributed by atoms with E-state index >= 15 is 0 Å². The summed E-state index contributed by atoms with van der Waals surface area (Å²) in [6.45, 7) is 5.81. The van der Waals surface area contributed by atoms with E-state index in [1.54, 1.807) is 11.9 Å².